The standard InChI is InChI=1S/C17H20N2O5S.C16H23N5O/c20-16(13-2-1-7-18-9-13)11-19-10-14-4-3-12-8-15(25(21,22)23)5-6-17(12)24-14;17-14-8-10-15(11-9-14)21-16(22)20(18-19-21)12-4-3-7-13-5-1-2-6-13/h1-2,5-9,14,16,19-20H,3-4,10-11H2,(H,21,22,23);8-11,13H,1-7,12,17H2. The Morgan fingerprint density at radius 3 is 2.55 bits per heavy atom. The highest BCUT2D eigenvalue weighted by atomic mass is 32.2. The number of rotatable bonds is 12. The number of nitrogens with two attached hydrogens (primary N) is 1. The third-order valence-corrected chi connectivity index (χ3v) is 9.47. The number of aromatic nitrogens is 5. The van der Waals surface area contributed by atoms with Crippen molar-refractivity contribution in [1.82, 2.24) is 30.1 Å². The van der Waals surface area contributed by atoms with Gasteiger partial charge < -0.3 is 20.9 Å². The SMILES string of the molecule is Nc1ccc(-n2nnn(CCCCC3CCCC3)c2=O)cc1.O=S(=O)(O)c1ccc2c(c1)CCC(CNCC(O)c1cccnc1)O2. The average molecular weight is 666 g/mol. The highest BCUT2D eigenvalue weighted by Gasteiger charge is 2.22. The van der Waals surface area contributed by atoms with Crippen molar-refractivity contribution in [2.75, 3.05) is 18.8 Å². The van der Waals surface area contributed by atoms with Crippen LogP contribution in [-0.4, -0.2) is 62.0 Å². The molecule has 1 fully saturated rings. The van der Waals surface area contributed by atoms with Gasteiger partial charge in [0.05, 0.1) is 16.7 Å². The highest BCUT2D eigenvalue weighted by Crippen LogP contribution is 2.30. The van der Waals surface area contributed by atoms with E-state index in [2.05, 4.69) is 20.7 Å². The fourth-order valence-electron chi connectivity index (χ4n) is 5.98. The summed E-state index contributed by atoms with van der Waals surface area (Å²) in [5.74, 6) is 1.53. The van der Waals surface area contributed by atoms with E-state index in [-0.39, 0.29) is 16.7 Å². The van der Waals surface area contributed by atoms with E-state index in [0.29, 0.717) is 43.2 Å². The maximum atomic E-state index is 12.3. The van der Waals surface area contributed by atoms with Gasteiger partial charge in [-0.15, -0.1) is 0 Å². The molecule has 2 aliphatic rings. The Hall–Kier alpha value is -4.11. The van der Waals surface area contributed by atoms with Crippen LogP contribution < -0.4 is 21.5 Å². The summed E-state index contributed by atoms with van der Waals surface area (Å²) >= 11 is 0. The molecular formula is C33H43N7O6S. The Morgan fingerprint density at radius 2 is 1.83 bits per heavy atom. The van der Waals surface area contributed by atoms with E-state index in [1.54, 1.807) is 48.8 Å². The topological polar surface area (TPSA) is 187 Å². The number of fused-ring (bicyclic) bond motifs is 1. The first-order valence-electron chi connectivity index (χ1n) is 16.1. The third kappa shape index (κ3) is 9.70. The van der Waals surface area contributed by atoms with Gasteiger partial charge in [-0.25, -0.2) is 4.79 Å². The molecule has 14 heteroatoms. The summed E-state index contributed by atoms with van der Waals surface area (Å²) in [4.78, 5) is 16.1. The summed E-state index contributed by atoms with van der Waals surface area (Å²) in [5, 5.41) is 21.2. The number of aryl methyl sites for hydroxylation is 2. The second kappa shape index (κ2) is 16.1. The number of hydrogen-bond donors (Lipinski definition) is 4. The minimum absolute atomic E-state index is 0.0646. The average Bonchev–Trinajstić information content (AvgIpc) is 3.73. The molecule has 47 heavy (non-hydrogen) atoms. The number of aliphatic hydroxyl groups is 1. The minimum atomic E-state index is -4.20. The Kier molecular flexibility index (Phi) is 11.7. The Labute approximate surface area is 274 Å². The predicted octanol–water partition coefficient (Wildman–Crippen LogP) is 3.72. The number of nitrogen functional groups attached to an aromatic ring is 1. The molecule has 2 atom stereocenters. The van der Waals surface area contributed by atoms with Gasteiger partial charge >= 0.3 is 5.69 Å². The van der Waals surface area contributed by atoms with Gasteiger partial charge in [0.25, 0.3) is 10.1 Å². The van der Waals surface area contributed by atoms with E-state index in [9.17, 15) is 18.3 Å². The first-order chi connectivity index (χ1) is 22.7. The van der Waals surface area contributed by atoms with Crippen molar-refractivity contribution < 1.29 is 22.8 Å². The molecule has 4 aromatic rings. The van der Waals surface area contributed by atoms with Crippen LogP contribution in [0.3, 0.4) is 0 Å². The van der Waals surface area contributed by atoms with Gasteiger partial charge in [0.1, 0.15) is 11.9 Å². The fourth-order valence-corrected chi connectivity index (χ4v) is 6.51. The number of nitrogens with zero attached hydrogens (tertiary/aromatic N) is 5. The van der Waals surface area contributed by atoms with Crippen LogP contribution >= 0.6 is 0 Å². The number of pyridine rings is 1. The van der Waals surface area contributed by atoms with Gasteiger partial charge in [-0.05, 0) is 89.7 Å². The van der Waals surface area contributed by atoms with Crippen molar-refractivity contribution in [3.8, 4) is 11.4 Å². The van der Waals surface area contributed by atoms with Crippen molar-refractivity contribution in [3.63, 3.8) is 0 Å². The molecule has 2 aromatic heterocycles. The number of unbranched alkanes of at least 4 members (excludes halogenated alkanes) is 1. The molecule has 0 radical (unpaired) electrons. The molecular weight excluding hydrogens is 622 g/mol. The van der Waals surface area contributed by atoms with Crippen LogP contribution in [0.1, 0.15) is 68.6 Å². The fraction of sp³-hybridized carbons (Fsp3) is 0.455. The summed E-state index contributed by atoms with van der Waals surface area (Å²) < 4.78 is 40.1. The molecule has 2 unspecified atom stereocenters. The molecule has 0 saturated heterocycles. The van der Waals surface area contributed by atoms with Crippen LogP contribution in [0.2, 0.25) is 0 Å². The van der Waals surface area contributed by atoms with Gasteiger partial charge in [0.2, 0.25) is 0 Å². The van der Waals surface area contributed by atoms with Crippen molar-refractivity contribution in [2.24, 2.45) is 5.92 Å². The smallest absolute Gasteiger partial charge is 0.368 e. The van der Waals surface area contributed by atoms with Crippen molar-refractivity contribution >= 4 is 15.8 Å². The molecule has 0 spiro atoms. The summed E-state index contributed by atoms with van der Waals surface area (Å²) in [6, 6.07) is 15.0. The van der Waals surface area contributed by atoms with Gasteiger partial charge in [-0.2, -0.15) is 17.8 Å². The van der Waals surface area contributed by atoms with Crippen LogP contribution in [0.25, 0.3) is 5.69 Å². The molecule has 3 heterocycles. The third-order valence-electron chi connectivity index (χ3n) is 8.62. The summed E-state index contributed by atoms with van der Waals surface area (Å²) in [6.45, 7) is 1.59. The van der Waals surface area contributed by atoms with Crippen LogP contribution in [0.4, 0.5) is 5.69 Å². The normalized spacial score (nSPS) is 16.9. The molecule has 1 aliphatic carbocycles. The molecule has 2 aromatic carbocycles. The monoisotopic (exact) mass is 665 g/mol. The Bertz CT molecular complexity index is 1740. The van der Waals surface area contributed by atoms with E-state index in [0.717, 1.165) is 36.3 Å². The van der Waals surface area contributed by atoms with Gasteiger partial charge in [0, 0.05) is 43.3 Å². The van der Waals surface area contributed by atoms with Crippen LogP contribution in [-0.2, 0) is 23.1 Å². The lowest BCUT2D eigenvalue weighted by Gasteiger charge is -2.27. The van der Waals surface area contributed by atoms with Crippen molar-refractivity contribution in [1.29, 1.82) is 0 Å². The second-order valence-electron chi connectivity index (χ2n) is 12.1. The molecule has 1 saturated carbocycles. The number of tetrazole rings is 1. The zero-order valence-electron chi connectivity index (χ0n) is 26.3. The molecule has 0 bridgehead atoms. The zero-order chi connectivity index (χ0) is 33.2. The zero-order valence-corrected chi connectivity index (χ0v) is 27.1. The van der Waals surface area contributed by atoms with E-state index in [4.69, 9.17) is 15.0 Å². The molecule has 0 amide bonds. The van der Waals surface area contributed by atoms with Crippen LogP contribution in [0, 0.1) is 5.92 Å². The number of benzene rings is 2. The van der Waals surface area contributed by atoms with E-state index in [1.165, 1.54) is 53.6 Å². The number of aliphatic hydroxyl groups excluding tert-OH is 1. The number of nitrogens with one attached hydrogen (secondary N) is 1. The van der Waals surface area contributed by atoms with E-state index in [1.807, 2.05) is 6.07 Å². The predicted molar refractivity (Wildman–Crippen MR) is 177 cm³/mol. The largest absolute Gasteiger partial charge is 0.489 e. The Balaban J connectivity index is 0.000000186. The maximum absolute atomic E-state index is 12.3. The summed E-state index contributed by atoms with van der Waals surface area (Å²) in [6.07, 6.45) is 12.9. The lowest BCUT2D eigenvalue weighted by molar-refractivity contribution is 0.146. The number of hydrogen-bond acceptors (Lipinski definition) is 10. The van der Waals surface area contributed by atoms with E-state index < -0.39 is 16.2 Å². The first kappa shape index (κ1) is 34.2. The van der Waals surface area contributed by atoms with Gasteiger partial charge in [0.15, 0.2) is 0 Å². The second-order valence-corrected chi connectivity index (χ2v) is 13.5. The van der Waals surface area contributed by atoms with Crippen LogP contribution in [0.15, 0.2) is 76.7 Å². The molecule has 5 N–H and O–H groups in total. The highest BCUT2D eigenvalue weighted by molar-refractivity contribution is 7.85. The number of ether oxygens (including phenoxy) is 1. The lowest BCUT2D eigenvalue weighted by atomic mass is 10.0. The lowest BCUT2D eigenvalue weighted by Crippen LogP contribution is -2.36. The molecule has 252 valence electrons. The quantitative estimate of drug-likeness (QED) is 0.0981. The maximum Gasteiger partial charge on any atom is 0.368 e. The molecule has 13 nitrogen and oxygen atoms in total. The number of anilines is 1. The van der Waals surface area contributed by atoms with Gasteiger partial charge in [-0.1, -0.05) is 44.6 Å². The van der Waals surface area contributed by atoms with Crippen LogP contribution in [0.5, 0.6) is 5.75 Å². The van der Waals surface area contributed by atoms with Crippen molar-refractivity contribution in [2.45, 2.75) is 81.4 Å². The molecule has 6 rings (SSSR count). The summed E-state index contributed by atoms with van der Waals surface area (Å²) in [5.41, 5.74) is 8.34. The minimum Gasteiger partial charge on any atom is -0.489 e. The van der Waals surface area contributed by atoms with Crippen molar-refractivity contribution in [3.05, 3.63) is 88.6 Å². The summed E-state index contributed by atoms with van der Waals surface area (Å²) in [7, 11) is -4.20. The van der Waals surface area contributed by atoms with E-state index >= 15 is 0 Å². The van der Waals surface area contributed by atoms with Gasteiger partial charge in [-0.3, -0.25) is 9.54 Å². The molecule has 1 aliphatic heterocycles. The Morgan fingerprint density at radius 1 is 1.04 bits per heavy atom. The first-order valence-corrected chi connectivity index (χ1v) is 17.6.